The molecule has 0 aliphatic heterocycles. The van der Waals surface area contributed by atoms with E-state index in [9.17, 15) is 14.3 Å². The van der Waals surface area contributed by atoms with Gasteiger partial charge < -0.3 is 9.84 Å². The first kappa shape index (κ1) is 20.9. The number of aliphatic hydroxyl groups is 1. The smallest absolute Gasteiger partial charge is 0.170 e. The quantitative estimate of drug-likeness (QED) is 0.563. The lowest BCUT2D eigenvalue weighted by Gasteiger charge is -2.45. The van der Waals surface area contributed by atoms with Gasteiger partial charge in [-0.2, -0.15) is 0 Å². The number of fused-ring (bicyclic) bond motifs is 2. The minimum Gasteiger partial charge on any atom is -0.511 e. The maximum Gasteiger partial charge on any atom is 0.170 e. The Labute approximate surface area is 181 Å². The normalized spacial score (nSPS) is 25.0. The van der Waals surface area contributed by atoms with Crippen molar-refractivity contribution in [1.29, 1.82) is 0 Å². The van der Waals surface area contributed by atoms with E-state index in [1.54, 1.807) is 18.2 Å². The molecule has 2 aromatic rings. The van der Waals surface area contributed by atoms with Crippen molar-refractivity contribution in [2.45, 2.75) is 47.0 Å². The van der Waals surface area contributed by atoms with E-state index in [0.717, 1.165) is 18.4 Å². The summed E-state index contributed by atoms with van der Waals surface area (Å²) in [4.78, 5) is 13.4. The van der Waals surface area contributed by atoms with Crippen molar-refractivity contribution in [2.24, 2.45) is 16.7 Å². The topological polar surface area (TPSA) is 46.5 Å². The van der Waals surface area contributed by atoms with Gasteiger partial charge in [-0.15, -0.1) is 0 Å². The molecule has 0 amide bonds. The van der Waals surface area contributed by atoms with Gasteiger partial charge in [-0.25, -0.2) is 4.39 Å². The highest BCUT2D eigenvalue weighted by molar-refractivity contribution is 6.30. The van der Waals surface area contributed by atoms with Crippen LogP contribution in [0.2, 0.25) is 5.02 Å². The molecule has 0 radical (unpaired) electrons. The van der Waals surface area contributed by atoms with Crippen molar-refractivity contribution in [1.82, 2.24) is 0 Å². The summed E-state index contributed by atoms with van der Waals surface area (Å²) >= 11 is 5.82. The number of halogens is 2. The van der Waals surface area contributed by atoms with Gasteiger partial charge in [0.1, 0.15) is 11.5 Å². The van der Waals surface area contributed by atoms with E-state index in [-0.39, 0.29) is 33.6 Å². The van der Waals surface area contributed by atoms with E-state index < -0.39 is 11.2 Å². The predicted octanol–water partition coefficient (Wildman–Crippen LogP) is 7.13. The van der Waals surface area contributed by atoms with Crippen molar-refractivity contribution < 1.29 is 19.0 Å². The number of Topliss-reactive ketones (excluding diaryl/α,β-unsaturated/α-hetero) is 1. The maximum absolute atomic E-state index is 14.2. The van der Waals surface area contributed by atoms with Crippen LogP contribution in [0.15, 0.2) is 42.2 Å². The average Bonchev–Trinajstić information content (AvgIpc) is 2.87. The minimum absolute atomic E-state index is 0.0167. The van der Waals surface area contributed by atoms with E-state index in [1.165, 1.54) is 12.1 Å². The molecule has 158 valence electrons. The fourth-order valence-electron chi connectivity index (χ4n) is 5.06. The second-order valence-electron chi connectivity index (χ2n) is 9.08. The molecule has 1 fully saturated rings. The first-order valence-electron chi connectivity index (χ1n) is 10.3. The van der Waals surface area contributed by atoms with E-state index in [1.807, 2.05) is 19.9 Å². The van der Waals surface area contributed by atoms with Crippen molar-refractivity contribution in [3.63, 3.8) is 0 Å². The molecular formula is C25H26ClFO3. The van der Waals surface area contributed by atoms with Gasteiger partial charge in [0.25, 0.3) is 0 Å². The Morgan fingerprint density at radius 3 is 2.60 bits per heavy atom. The third kappa shape index (κ3) is 2.96. The number of carbonyl (C=O) groups excluding carboxylic acids is 1. The highest BCUT2D eigenvalue weighted by Crippen LogP contribution is 2.64. The zero-order valence-corrected chi connectivity index (χ0v) is 18.4. The van der Waals surface area contributed by atoms with Gasteiger partial charge in [-0.1, -0.05) is 45.4 Å². The van der Waals surface area contributed by atoms with E-state index in [2.05, 4.69) is 13.8 Å². The molecule has 2 bridgehead atoms. The number of allylic oxidation sites excluding steroid dienone is 2. The predicted molar refractivity (Wildman–Crippen MR) is 116 cm³/mol. The first-order chi connectivity index (χ1) is 14.1. The van der Waals surface area contributed by atoms with Crippen LogP contribution in [0.1, 0.15) is 51.7 Å². The number of rotatable bonds is 4. The Hall–Kier alpha value is -2.33. The average molecular weight is 429 g/mol. The van der Waals surface area contributed by atoms with Gasteiger partial charge in [0, 0.05) is 16.4 Å². The summed E-state index contributed by atoms with van der Waals surface area (Å²) in [6, 6.07) is 9.57. The molecule has 2 aliphatic carbocycles. The molecule has 30 heavy (non-hydrogen) atoms. The summed E-state index contributed by atoms with van der Waals surface area (Å²) < 4.78 is 19.9. The minimum atomic E-state index is -0.563. The van der Waals surface area contributed by atoms with Gasteiger partial charge in [0.15, 0.2) is 17.3 Å². The molecule has 4 rings (SSSR count). The fraction of sp³-hybridized carbons (Fsp3) is 0.400. The number of aliphatic hydroxyl groups excluding tert-OH is 1. The van der Waals surface area contributed by atoms with Gasteiger partial charge in [0.05, 0.1) is 5.57 Å². The Bertz CT molecular complexity index is 1070. The van der Waals surface area contributed by atoms with Gasteiger partial charge >= 0.3 is 0 Å². The number of benzene rings is 2. The summed E-state index contributed by atoms with van der Waals surface area (Å²) in [7, 11) is 0. The fourth-order valence-corrected chi connectivity index (χ4v) is 5.21. The zero-order valence-electron chi connectivity index (χ0n) is 17.7. The summed E-state index contributed by atoms with van der Waals surface area (Å²) in [6.45, 7) is 8.19. The highest BCUT2D eigenvalue weighted by atomic mass is 35.5. The molecule has 0 saturated heterocycles. The van der Waals surface area contributed by atoms with E-state index in [0.29, 0.717) is 23.3 Å². The molecule has 0 spiro atoms. The number of ether oxygens (including phenoxy) is 1. The third-order valence-corrected chi connectivity index (χ3v) is 7.64. The summed E-state index contributed by atoms with van der Waals surface area (Å²) in [6.07, 6.45) is 2.24. The van der Waals surface area contributed by atoms with Gasteiger partial charge in [0.2, 0.25) is 0 Å². The van der Waals surface area contributed by atoms with Crippen molar-refractivity contribution in [3.05, 3.63) is 64.1 Å². The molecule has 1 N–H and O–H groups in total. The number of aryl methyl sites for hydroxylation is 1. The molecule has 0 aromatic heterocycles. The lowest BCUT2D eigenvalue weighted by atomic mass is 9.58. The van der Waals surface area contributed by atoms with Crippen LogP contribution in [-0.2, 0) is 11.2 Å². The van der Waals surface area contributed by atoms with Crippen LogP contribution in [0.5, 0.6) is 11.5 Å². The lowest BCUT2D eigenvalue weighted by Crippen LogP contribution is -2.43. The number of ketones is 1. The molecule has 2 atom stereocenters. The SMILES string of the molecule is CCc1ccc(Oc2ccc(Cl)cc2F)cc1C1=C(O)[C@@]2(C)CC[C@@H](C1=O)C2(C)C. The van der Waals surface area contributed by atoms with Crippen LogP contribution in [0, 0.1) is 22.6 Å². The van der Waals surface area contributed by atoms with E-state index >= 15 is 0 Å². The lowest BCUT2D eigenvalue weighted by molar-refractivity contribution is -0.122. The van der Waals surface area contributed by atoms with Crippen molar-refractivity contribution in [2.75, 3.05) is 0 Å². The van der Waals surface area contributed by atoms with Crippen LogP contribution in [-0.4, -0.2) is 10.9 Å². The molecule has 2 aliphatic rings. The molecule has 3 nitrogen and oxygen atoms in total. The van der Waals surface area contributed by atoms with Crippen LogP contribution >= 0.6 is 11.6 Å². The molecule has 0 heterocycles. The van der Waals surface area contributed by atoms with Crippen LogP contribution in [0.4, 0.5) is 4.39 Å². The maximum atomic E-state index is 14.2. The van der Waals surface area contributed by atoms with Crippen LogP contribution in [0.3, 0.4) is 0 Å². The number of carbonyl (C=O) groups is 1. The second-order valence-corrected chi connectivity index (χ2v) is 9.52. The second kappa shape index (κ2) is 7.12. The molecule has 2 aromatic carbocycles. The zero-order chi connectivity index (χ0) is 21.8. The highest BCUT2D eigenvalue weighted by Gasteiger charge is 2.61. The third-order valence-electron chi connectivity index (χ3n) is 7.40. The summed E-state index contributed by atoms with van der Waals surface area (Å²) in [5, 5.41) is 11.6. The Balaban J connectivity index is 1.82. The summed E-state index contributed by atoms with van der Waals surface area (Å²) in [5.74, 6) is -0.0920. The molecule has 0 unspecified atom stereocenters. The molecule has 5 heteroatoms. The Morgan fingerprint density at radius 1 is 1.20 bits per heavy atom. The van der Waals surface area contributed by atoms with Crippen LogP contribution < -0.4 is 4.74 Å². The molecule has 1 saturated carbocycles. The number of hydrogen-bond acceptors (Lipinski definition) is 3. The standard InChI is InChI=1S/C25H26ClFO3/c1-5-14-6-8-16(30-20-9-7-15(26)12-19(20)27)13-17(14)21-22(28)18-10-11-25(4,23(21)29)24(18,2)3/h6-9,12-13,18,29H,5,10-11H2,1-4H3/t18-,25+/m0/s1. The number of hydrogen-bond donors (Lipinski definition) is 1. The van der Waals surface area contributed by atoms with Gasteiger partial charge in [-0.3, -0.25) is 4.79 Å². The first-order valence-corrected chi connectivity index (χ1v) is 10.7. The van der Waals surface area contributed by atoms with Crippen molar-refractivity contribution >= 4 is 23.0 Å². The Kier molecular flexibility index (Phi) is 4.97. The largest absolute Gasteiger partial charge is 0.511 e. The molecular weight excluding hydrogens is 403 g/mol. The van der Waals surface area contributed by atoms with E-state index in [4.69, 9.17) is 16.3 Å². The van der Waals surface area contributed by atoms with Crippen molar-refractivity contribution in [3.8, 4) is 11.5 Å². The summed E-state index contributed by atoms with van der Waals surface area (Å²) in [5.41, 5.74) is 1.24. The van der Waals surface area contributed by atoms with Crippen LogP contribution in [0.25, 0.3) is 5.57 Å². The van der Waals surface area contributed by atoms with Gasteiger partial charge in [-0.05, 0) is 66.1 Å². The monoisotopic (exact) mass is 428 g/mol. The Morgan fingerprint density at radius 2 is 1.93 bits per heavy atom.